The summed E-state index contributed by atoms with van der Waals surface area (Å²) in [5, 5.41) is 27.4. The van der Waals surface area contributed by atoms with Gasteiger partial charge in [0, 0.05) is 42.7 Å². The molecule has 0 aliphatic carbocycles. The van der Waals surface area contributed by atoms with Crippen molar-refractivity contribution < 1.29 is 43.2 Å². The summed E-state index contributed by atoms with van der Waals surface area (Å²) in [6.07, 6.45) is -0.0699. The molecule has 0 radical (unpaired) electrons. The molecule has 7 aromatic rings. The number of thiazole rings is 1. The standard InChI is InChI=1S/C55H58FN5O8S2/c1-34-50(70-33-58-34)37-11-9-36(10-12-37)30-57-53(65)46-28-41(63)31-61(46)54(66)52(55(2,3)4)59-48(64)32-68-44-8-6-7-35(27-44)23-24-60(5)25-26-67-42-18-20-43(21-19-42)69-49-45-22-17-40(62)29-47(45)71-51(49)38-13-15-39(56)16-14-38/h6-22,27,29,33,41,46,52,62-63H,23-26,28,30-32H2,1-5H3,(H,57,65)(H,59,64)/t41-,46+,52?/m1/s1. The first-order chi connectivity index (χ1) is 34.1. The predicted molar refractivity (Wildman–Crippen MR) is 276 cm³/mol. The number of benzene rings is 5. The second-order valence-electron chi connectivity index (χ2n) is 18.8. The number of likely N-dealkylation sites (tertiary alicyclic amines) is 1. The lowest BCUT2D eigenvalue weighted by molar-refractivity contribution is -0.144. The van der Waals surface area contributed by atoms with Gasteiger partial charge in [0.05, 0.1) is 27.1 Å². The van der Waals surface area contributed by atoms with Crippen molar-refractivity contribution >= 4 is 50.5 Å². The average Bonchev–Trinajstić information content (AvgIpc) is 4.07. The first kappa shape index (κ1) is 50.5. The van der Waals surface area contributed by atoms with Crippen LogP contribution in [0.5, 0.6) is 28.7 Å². The second-order valence-corrected chi connectivity index (χ2v) is 20.7. The third-order valence-corrected chi connectivity index (χ3v) is 14.4. The molecule has 2 aromatic heterocycles. The van der Waals surface area contributed by atoms with Gasteiger partial charge in [-0.05, 0) is 115 Å². The maximum absolute atomic E-state index is 14.1. The topological polar surface area (TPSA) is 163 Å². The van der Waals surface area contributed by atoms with E-state index in [1.165, 1.54) is 28.4 Å². The Morgan fingerprint density at radius 2 is 1.59 bits per heavy atom. The number of thiophene rings is 1. The number of rotatable bonds is 19. The van der Waals surface area contributed by atoms with Crippen LogP contribution in [-0.4, -0.2) is 101 Å². The van der Waals surface area contributed by atoms with E-state index < -0.39 is 35.4 Å². The molecule has 1 unspecified atom stereocenters. The van der Waals surface area contributed by atoms with Crippen LogP contribution in [0.4, 0.5) is 4.39 Å². The Balaban J connectivity index is 0.780. The number of ether oxygens (including phenoxy) is 3. The molecule has 16 heteroatoms. The first-order valence-electron chi connectivity index (χ1n) is 23.5. The minimum Gasteiger partial charge on any atom is -0.508 e. The smallest absolute Gasteiger partial charge is 0.258 e. The number of halogens is 1. The summed E-state index contributed by atoms with van der Waals surface area (Å²) >= 11 is 3.03. The number of aliphatic hydroxyl groups excluding tert-OH is 1. The predicted octanol–water partition coefficient (Wildman–Crippen LogP) is 9.38. The van der Waals surface area contributed by atoms with Crippen molar-refractivity contribution in [2.45, 2.75) is 65.3 Å². The van der Waals surface area contributed by atoms with Crippen molar-refractivity contribution in [1.82, 2.24) is 25.4 Å². The highest BCUT2D eigenvalue weighted by atomic mass is 32.1. The molecule has 1 saturated heterocycles. The number of carbonyl (C=O) groups excluding carboxylic acids is 3. The van der Waals surface area contributed by atoms with E-state index in [1.54, 1.807) is 41.7 Å². The number of β-amino-alcohol motifs (C(OH)–C–C–N with tert-alkyl or cyclic N) is 1. The number of carbonyl (C=O) groups is 3. The number of aromatic hydroxyl groups is 1. The zero-order valence-electron chi connectivity index (χ0n) is 40.3. The van der Waals surface area contributed by atoms with E-state index in [0.29, 0.717) is 36.1 Å². The summed E-state index contributed by atoms with van der Waals surface area (Å²) in [5.74, 6) is 0.961. The molecule has 3 atom stereocenters. The number of amides is 3. The molecule has 0 bridgehead atoms. The summed E-state index contributed by atoms with van der Waals surface area (Å²) in [7, 11) is 2.02. The van der Waals surface area contributed by atoms with E-state index in [-0.39, 0.29) is 43.6 Å². The third-order valence-electron chi connectivity index (χ3n) is 12.3. The van der Waals surface area contributed by atoms with Gasteiger partial charge in [-0.2, -0.15) is 0 Å². The third kappa shape index (κ3) is 12.9. The molecule has 4 N–H and O–H groups in total. The molecule has 5 aromatic carbocycles. The molecular weight excluding hydrogens is 942 g/mol. The van der Waals surface area contributed by atoms with E-state index >= 15 is 0 Å². The van der Waals surface area contributed by atoms with Gasteiger partial charge in [-0.3, -0.25) is 14.4 Å². The van der Waals surface area contributed by atoms with Crippen molar-refractivity contribution in [1.29, 1.82) is 0 Å². The zero-order chi connectivity index (χ0) is 50.2. The number of hydrogen-bond donors (Lipinski definition) is 4. The van der Waals surface area contributed by atoms with E-state index in [9.17, 15) is 29.0 Å². The summed E-state index contributed by atoms with van der Waals surface area (Å²) in [5.41, 5.74) is 5.82. The Kier molecular flexibility index (Phi) is 16.0. The second kappa shape index (κ2) is 22.5. The molecule has 1 fully saturated rings. The van der Waals surface area contributed by atoms with Gasteiger partial charge in [0.1, 0.15) is 47.5 Å². The fraction of sp³-hybridized carbons (Fsp3) is 0.309. The number of nitrogens with zero attached hydrogens (tertiary/aromatic N) is 3. The summed E-state index contributed by atoms with van der Waals surface area (Å²) < 4.78 is 32.9. The van der Waals surface area contributed by atoms with Crippen LogP contribution >= 0.6 is 22.7 Å². The van der Waals surface area contributed by atoms with Gasteiger partial charge in [-0.25, -0.2) is 9.37 Å². The lowest BCUT2D eigenvalue weighted by Crippen LogP contribution is -2.58. The molecule has 71 heavy (non-hydrogen) atoms. The highest BCUT2D eigenvalue weighted by Gasteiger charge is 2.44. The Bertz CT molecular complexity index is 2950. The lowest BCUT2D eigenvalue weighted by atomic mass is 9.85. The number of fused-ring (bicyclic) bond motifs is 1. The van der Waals surface area contributed by atoms with E-state index in [0.717, 1.165) is 60.8 Å². The lowest BCUT2D eigenvalue weighted by Gasteiger charge is -2.35. The van der Waals surface area contributed by atoms with Crippen LogP contribution in [0.25, 0.3) is 31.0 Å². The van der Waals surface area contributed by atoms with Crippen molar-refractivity contribution in [3.05, 3.63) is 143 Å². The monoisotopic (exact) mass is 999 g/mol. The average molecular weight is 1000 g/mol. The van der Waals surface area contributed by atoms with Crippen LogP contribution in [0.1, 0.15) is 44.0 Å². The highest BCUT2D eigenvalue weighted by molar-refractivity contribution is 7.22. The van der Waals surface area contributed by atoms with Crippen molar-refractivity contribution in [2.75, 3.05) is 39.9 Å². The van der Waals surface area contributed by atoms with Crippen molar-refractivity contribution in [3.8, 4) is 49.6 Å². The number of likely N-dealkylation sites (N-methyl/N-ethyl adjacent to an activating group) is 1. The minimum atomic E-state index is -0.986. The van der Waals surface area contributed by atoms with Gasteiger partial charge in [0.15, 0.2) is 12.4 Å². The Labute approximate surface area is 420 Å². The Morgan fingerprint density at radius 3 is 2.31 bits per heavy atom. The number of hydrogen-bond acceptors (Lipinski definition) is 12. The number of phenols is 1. The zero-order valence-corrected chi connectivity index (χ0v) is 41.9. The normalized spacial score (nSPS) is 15.2. The molecule has 0 spiro atoms. The molecule has 370 valence electrons. The Hall–Kier alpha value is -6.85. The number of aromatic nitrogens is 1. The van der Waals surface area contributed by atoms with E-state index in [4.69, 9.17) is 14.2 Å². The molecule has 13 nitrogen and oxygen atoms in total. The molecule has 3 heterocycles. The fourth-order valence-electron chi connectivity index (χ4n) is 8.35. The van der Waals surface area contributed by atoms with Crippen LogP contribution < -0.4 is 24.8 Å². The number of aryl methyl sites for hydroxylation is 1. The molecule has 8 rings (SSSR count). The van der Waals surface area contributed by atoms with Gasteiger partial charge >= 0.3 is 0 Å². The maximum Gasteiger partial charge on any atom is 0.258 e. The summed E-state index contributed by atoms with van der Waals surface area (Å²) in [6.45, 7) is 9.25. The van der Waals surface area contributed by atoms with Crippen LogP contribution in [0.2, 0.25) is 0 Å². The molecule has 3 amide bonds. The number of phenolic OH excluding ortho intramolecular Hbond substituents is 1. The highest BCUT2D eigenvalue weighted by Crippen LogP contribution is 2.47. The van der Waals surface area contributed by atoms with Gasteiger partial charge in [0.25, 0.3) is 5.91 Å². The minimum absolute atomic E-state index is 0.0236. The number of nitrogens with one attached hydrogen (secondary N) is 2. The SMILES string of the molecule is Cc1ncsc1-c1ccc(CNC(=O)[C@@H]2C[C@@H](O)CN2C(=O)C(NC(=O)COc2cccc(CCN(C)CCOc3ccc(Oc4c(-c5ccc(F)cc5)sc5cc(O)ccc45)cc3)c2)C(C)(C)C)cc1. The largest absolute Gasteiger partial charge is 0.508 e. The van der Waals surface area contributed by atoms with Gasteiger partial charge in [0.2, 0.25) is 11.8 Å². The van der Waals surface area contributed by atoms with Crippen LogP contribution in [0.15, 0.2) is 121 Å². The van der Waals surface area contributed by atoms with Crippen LogP contribution in [0, 0.1) is 18.2 Å². The van der Waals surface area contributed by atoms with Gasteiger partial charge < -0.3 is 44.9 Å². The summed E-state index contributed by atoms with van der Waals surface area (Å²) in [4.78, 5) is 50.8. The quantitative estimate of drug-likeness (QED) is 0.0614. The van der Waals surface area contributed by atoms with E-state index in [1.807, 2.05) is 113 Å². The van der Waals surface area contributed by atoms with Crippen LogP contribution in [0.3, 0.4) is 0 Å². The first-order valence-corrected chi connectivity index (χ1v) is 25.1. The molecule has 0 saturated carbocycles. The van der Waals surface area contributed by atoms with E-state index in [2.05, 4.69) is 20.5 Å². The molecular formula is C55H58FN5O8S2. The molecule has 1 aliphatic rings. The van der Waals surface area contributed by atoms with Crippen molar-refractivity contribution in [3.63, 3.8) is 0 Å². The Morgan fingerprint density at radius 1 is 0.873 bits per heavy atom. The van der Waals surface area contributed by atoms with Gasteiger partial charge in [-0.1, -0.05) is 69.3 Å². The van der Waals surface area contributed by atoms with Crippen molar-refractivity contribution in [2.24, 2.45) is 5.41 Å². The number of aliphatic hydroxyl groups is 1. The summed E-state index contributed by atoms with van der Waals surface area (Å²) in [6, 6.07) is 32.3. The van der Waals surface area contributed by atoms with Crippen LogP contribution in [-0.2, 0) is 27.3 Å². The fourth-order valence-corrected chi connectivity index (χ4v) is 10.3. The molecule has 1 aliphatic heterocycles. The van der Waals surface area contributed by atoms with Gasteiger partial charge in [-0.15, -0.1) is 22.7 Å². The maximum atomic E-state index is 14.1.